The number of amides is 3. The van der Waals surface area contributed by atoms with E-state index in [1.165, 1.54) is 0 Å². The number of anilines is 1. The Bertz CT molecular complexity index is 1410. The summed E-state index contributed by atoms with van der Waals surface area (Å²) in [5.74, 6) is 3.18. The van der Waals surface area contributed by atoms with Crippen LogP contribution in [0.1, 0.15) is 43.4 Å². The maximum Gasteiger partial charge on any atom is 0.408 e. The zero-order chi connectivity index (χ0) is 31.2. The molecule has 0 fully saturated rings. The fourth-order valence-corrected chi connectivity index (χ4v) is 4.38. The Kier molecular flexibility index (Phi) is 12.4. The van der Waals surface area contributed by atoms with E-state index in [4.69, 9.17) is 9.47 Å². The lowest BCUT2D eigenvalue weighted by atomic mass is 10.1. The van der Waals surface area contributed by atoms with Gasteiger partial charge >= 0.3 is 6.09 Å². The molecule has 9 heteroatoms. The van der Waals surface area contributed by atoms with Crippen molar-refractivity contribution in [2.45, 2.75) is 71.6 Å². The van der Waals surface area contributed by atoms with Gasteiger partial charge in [-0.15, -0.1) is 5.54 Å². The van der Waals surface area contributed by atoms with Gasteiger partial charge in [-0.25, -0.2) is 4.79 Å². The Morgan fingerprint density at radius 2 is 1.35 bits per heavy atom. The highest BCUT2D eigenvalue weighted by Gasteiger charge is 2.25. The number of hydrogen-bond acceptors (Lipinski definition) is 5. The van der Waals surface area contributed by atoms with Crippen molar-refractivity contribution >= 4 is 31.7 Å². The Balaban J connectivity index is 1.46. The van der Waals surface area contributed by atoms with E-state index in [2.05, 4.69) is 47.1 Å². The van der Waals surface area contributed by atoms with Crippen LogP contribution in [0.25, 0.3) is 0 Å². The van der Waals surface area contributed by atoms with Gasteiger partial charge in [0.05, 0.1) is 0 Å². The third-order valence-corrected chi connectivity index (χ3v) is 7.21. The molecule has 3 aromatic carbocycles. The van der Waals surface area contributed by atoms with Gasteiger partial charge in [0.1, 0.15) is 39.1 Å². The van der Waals surface area contributed by atoms with Crippen LogP contribution in [0.3, 0.4) is 0 Å². The summed E-state index contributed by atoms with van der Waals surface area (Å²) in [6, 6.07) is 22.7. The molecule has 0 radical (unpaired) electrons. The van der Waals surface area contributed by atoms with Crippen molar-refractivity contribution in [2.75, 3.05) is 5.32 Å². The van der Waals surface area contributed by atoms with Gasteiger partial charge in [-0.05, 0) is 60.4 Å². The van der Waals surface area contributed by atoms with Gasteiger partial charge in [-0.1, -0.05) is 81.9 Å². The van der Waals surface area contributed by atoms with Crippen LogP contribution in [0.4, 0.5) is 10.5 Å². The molecule has 226 valence electrons. The highest BCUT2D eigenvalue weighted by atomic mass is 28.3. The molecule has 3 rings (SSSR count). The zero-order valence-corrected chi connectivity index (χ0v) is 26.5. The van der Waals surface area contributed by atoms with E-state index in [9.17, 15) is 14.4 Å². The molecule has 3 amide bonds. The minimum atomic E-state index is -1.42. The molecule has 0 aromatic heterocycles. The molecule has 0 aliphatic carbocycles. The van der Waals surface area contributed by atoms with Crippen molar-refractivity contribution in [3.05, 3.63) is 95.6 Å². The number of nitrogens with one attached hydrogen (secondary N) is 3. The monoisotopic (exact) mass is 599 g/mol. The van der Waals surface area contributed by atoms with Crippen LogP contribution in [0.5, 0.6) is 5.75 Å². The van der Waals surface area contributed by atoms with Crippen molar-refractivity contribution in [1.82, 2.24) is 10.6 Å². The number of rotatable bonds is 12. The number of ether oxygens (including phenoxy) is 2. The average molecular weight is 600 g/mol. The van der Waals surface area contributed by atoms with Crippen LogP contribution in [-0.2, 0) is 27.5 Å². The lowest BCUT2D eigenvalue weighted by Crippen LogP contribution is -2.52. The molecule has 43 heavy (non-hydrogen) atoms. The van der Waals surface area contributed by atoms with Crippen molar-refractivity contribution < 1.29 is 23.9 Å². The minimum absolute atomic E-state index is 0.0945. The summed E-state index contributed by atoms with van der Waals surface area (Å²) in [5.41, 5.74) is 6.71. The summed E-state index contributed by atoms with van der Waals surface area (Å²) in [5, 5.41) is 8.16. The van der Waals surface area contributed by atoms with Crippen LogP contribution in [-0.4, -0.2) is 38.1 Å². The molecule has 0 saturated heterocycles. The van der Waals surface area contributed by atoms with E-state index >= 15 is 0 Å². The van der Waals surface area contributed by atoms with Crippen LogP contribution in [0, 0.1) is 11.5 Å². The molecular weight excluding hydrogens is 558 g/mol. The summed E-state index contributed by atoms with van der Waals surface area (Å²) in [4.78, 5) is 38.0. The second kappa shape index (κ2) is 16.2. The lowest BCUT2D eigenvalue weighted by Gasteiger charge is -2.21. The van der Waals surface area contributed by atoms with Crippen LogP contribution in [0.2, 0.25) is 19.6 Å². The Labute approximate surface area is 255 Å². The number of carbonyl (C=O) groups excluding carboxylic acids is 3. The maximum atomic E-state index is 12.9. The summed E-state index contributed by atoms with van der Waals surface area (Å²) in [6.45, 7) is 10.7. The fraction of sp³-hybridized carbons (Fsp3) is 0.324. The maximum absolute atomic E-state index is 12.9. The topological polar surface area (TPSA) is 106 Å². The van der Waals surface area contributed by atoms with Crippen LogP contribution in [0.15, 0.2) is 78.9 Å². The lowest BCUT2D eigenvalue weighted by molar-refractivity contribution is -0.128. The quantitative estimate of drug-likeness (QED) is 0.174. The second-order valence-electron chi connectivity index (χ2n) is 11.1. The third kappa shape index (κ3) is 11.7. The highest BCUT2D eigenvalue weighted by molar-refractivity contribution is 6.83. The number of alkyl carbamates (subject to hydrolysis) is 1. The number of benzene rings is 3. The first-order valence-electron chi connectivity index (χ1n) is 14.5. The predicted molar refractivity (Wildman–Crippen MR) is 172 cm³/mol. The molecule has 1 unspecified atom stereocenters. The largest absolute Gasteiger partial charge is 0.489 e. The Hall–Kier alpha value is -4.55. The molecule has 0 heterocycles. The standard InChI is InChI=1S/C34H41N3O5Si/c1-6-30(36-33(39)31(7-2)37-34(40)42-24-26-11-9-8-10-12-26)32(38)35-28-17-13-27(14-18-28)23-41-29-19-15-25(16-20-29)21-22-43(3,4)5/h8-20,30-31H,6-7,23-24H2,1-5H3,(H,35,38)(H,36,39)(H,37,40)/t30-,31?/m0/s1. The zero-order valence-electron chi connectivity index (χ0n) is 25.5. The van der Waals surface area contributed by atoms with E-state index in [1.807, 2.05) is 66.7 Å². The molecule has 0 spiro atoms. The van der Waals surface area contributed by atoms with Gasteiger partial charge in [0.15, 0.2) is 0 Å². The van der Waals surface area contributed by atoms with Gasteiger partial charge in [0.2, 0.25) is 11.8 Å². The molecular formula is C34H41N3O5Si. The van der Waals surface area contributed by atoms with Gasteiger partial charge in [-0.2, -0.15) is 0 Å². The normalized spacial score (nSPS) is 12.1. The SMILES string of the molecule is CCC(NC(=O)OCc1ccccc1)C(=O)N[C@@H](CC)C(=O)Nc1ccc(COc2ccc(C#C[Si](C)(C)C)cc2)cc1. The van der Waals surface area contributed by atoms with Crippen LogP contribution >= 0.6 is 0 Å². The Morgan fingerprint density at radius 3 is 1.95 bits per heavy atom. The average Bonchev–Trinajstić information content (AvgIpc) is 3.00. The van der Waals surface area contributed by atoms with Crippen molar-refractivity contribution in [3.8, 4) is 17.2 Å². The molecule has 0 aliphatic rings. The van der Waals surface area contributed by atoms with Crippen molar-refractivity contribution in [3.63, 3.8) is 0 Å². The van der Waals surface area contributed by atoms with E-state index in [0.717, 1.165) is 22.4 Å². The summed E-state index contributed by atoms with van der Waals surface area (Å²) >= 11 is 0. The molecule has 0 saturated carbocycles. The molecule has 8 nitrogen and oxygen atoms in total. The number of hydrogen-bond donors (Lipinski definition) is 3. The van der Waals surface area contributed by atoms with Gasteiger partial charge in [-0.3, -0.25) is 9.59 Å². The molecule has 0 aliphatic heterocycles. The highest BCUT2D eigenvalue weighted by Crippen LogP contribution is 2.16. The van der Waals surface area contributed by atoms with E-state index in [0.29, 0.717) is 25.1 Å². The fourth-order valence-electron chi connectivity index (χ4n) is 3.86. The smallest absolute Gasteiger partial charge is 0.408 e. The summed E-state index contributed by atoms with van der Waals surface area (Å²) < 4.78 is 11.1. The Morgan fingerprint density at radius 1 is 0.744 bits per heavy atom. The summed E-state index contributed by atoms with van der Waals surface area (Å²) in [7, 11) is -1.42. The van der Waals surface area contributed by atoms with Crippen LogP contribution < -0.4 is 20.7 Å². The molecule has 3 aromatic rings. The van der Waals surface area contributed by atoms with Crippen molar-refractivity contribution in [1.29, 1.82) is 0 Å². The van der Waals surface area contributed by atoms with Crippen molar-refractivity contribution in [2.24, 2.45) is 0 Å². The van der Waals surface area contributed by atoms with Gasteiger partial charge < -0.3 is 25.4 Å². The van der Waals surface area contributed by atoms with E-state index in [-0.39, 0.29) is 12.5 Å². The van der Waals surface area contributed by atoms with E-state index < -0.39 is 32.2 Å². The molecule has 3 N–H and O–H groups in total. The van der Waals surface area contributed by atoms with Gasteiger partial charge in [0.25, 0.3) is 0 Å². The van der Waals surface area contributed by atoms with E-state index in [1.54, 1.807) is 26.0 Å². The molecule has 2 atom stereocenters. The van der Waals surface area contributed by atoms with Gasteiger partial charge in [0, 0.05) is 11.3 Å². The summed E-state index contributed by atoms with van der Waals surface area (Å²) in [6.07, 6.45) is 0.0159. The third-order valence-electron chi connectivity index (χ3n) is 6.33. The minimum Gasteiger partial charge on any atom is -0.489 e. The first-order valence-corrected chi connectivity index (χ1v) is 18.0. The predicted octanol–water partition coefficient (Wildman–Crippen LogP) is 6.03. The first-order chi connectivity index (χ1) is 20.6. The number of carbonyl (C=O) groups is 3. The molecule has 0 bridgehead atoms. The first kappa shape index (κ1) is 33.0. The second-order valence-corrected chi connectivity index (χ2v) is 15.9.